The number of aromatic nitrogens is 2. The van der Waals surface area contributed by atoms with E-state index in [0.29, 0.717) is 40.7 Å². The monoisotopic (exact) mass is 509 g/mol. The van der Waals surface area contributed by atoms with Crippen molar-refractivity contribution in [2.75, 3.05) is 7.11 Å². The van der Waals surface area contributed by atoms with Gasteiger partial charge in [0.2, 0.25) is 0 Å². The summed E-state index contributed by atoms with van der Waals surface area (Å²) in [6.45, 7) is 4.18. The van der Waals surface area contributed by atoms with E-state index < -0.39 is 17.7 Å². The second-order valence-corrected chi connectivity index (χ2v) is 8.66. The third-order valence-corrected chi connectivity index (χ3v) is 6.22. The average Bonchev–Trinajstić information content (AvgIpc) is 3.28. The molecule has 4 aromatic rings. The van der Waals surface area contributed by atoms with Crippen molar-refractivity contribution in [2.45, 2.75) is 39.0 Å². The second-order valence-electron chi connectivity index (χ2n) is 8.66. The molecule has 1 N–H and O–H groups in total. The van der Waals surface area contributed by atoms with Gasteiger partial charge in [0.1, 0.15) is 5.69 Å². The fourth-order valence-corrected chi connectivity index (χ4v) is 4.26. The lowest BCUT2D eigenvalue weighted by Gasteiger charge is -2.16. The molecule has 0 radical (unpaired) electrons. The van der Waals surface area contributed by atoms with Crippen molar-refractivity contribution in [1.29, 1.82) is 0 Å². The maximum Gasteiger partial charge on any atom is 0.416 e. The van der Waals surface area contributed by atoms with E-state index in [1.54, 1.807) is 28.9 Å². The Balaban J connectivity index is 1.64. The largest absolute Gasteiger partial charge is 0.465 e. The van der Waals surface area contributed by atoms with Gasteiger partial charge in [-0.05, 0) is 67.3 Å². The fourth-order valence-electron chi connectivity index (χ4n) is 4.26. The number of fused-ring (bicyclic) bond motifs is 1. The van der Waals surface area contributed by atoms with Crippen molar-refractivity contribution in [3.8, 4) is 0 Å². The number of hydrogen-bond donors (Lipinski definition) is 1. The molecule has 0 saturated heterocycles. The van der Waals surface area contributed by atoms with Crippen molar-refractivity contribution in [2.24, 2.45) is 0 Å². The minimum atomic E-state index is -4.40. The molecule has 1 unspecified atom stereocenters. The van der Waals surface area contributed by atoms with E-state index in [-0.39, 0.29) is 11.9 Å². The van der Waals surface area contributed by atoms with Crippen molar-refractivity contribution >= 4 is 22.8 Å². The number of amides is 1. The molecule has 192 valence electrons. The normalized spacial score (nSPS) is 12.4. The van der Waals surface area contributed by atoms with Crippen LogP contribution in [0.5, 0.6) is 0 Å². The first-order valence-corrected chi connectivity index (χ1v) is 11.8. The van der Waals surface area contributed by atoms with Crippen LogP contribution in [0, 0.1) is 0 Å². The van der Waals surface area contributed by atoms with Crippen LogP contribution >= 0.6 is 0 Å². The average molecular weight is 510 g/mol. The predicted molar refractivity (Wildman–Crippen MR) is 133 cm³/mol. The van der Waals surface area contributed by atoms with Gasteiger partial charge < -0.3 is 10.1 Å². The Morgan fingerprint density at radius 2 is 1.70 bits per heavy atom. The highest BCUT2D eigenvalue weighted by Crippen LogP contribution is 2.30. The number of alkyl halides is 3. The molecule has 3 aromatic carbocycles. The number of aryl methyl sites for hydroxylation is 1. The quantitative estimate of drug-likeness (QED) is 0.313. The number of halogens is 3. The van der Waals surface area contributed by atoms with E-state index in [4.69, 9.17) is 4.74 Å². The van der Waals surface area contributed by atoms with E-state index in [9.17, 15) is 22.8 Å². The number of benzene rings is 3. The smallest absolute Gasteiger partial charge is 0.416 e. The lowest BCUT2D eigenvalue weighted by Crippen LogP contribution is -2.29. The Bertz CT molecular complexity index is 1430. The Kier molecular flexibility index (Phi) is 7.33. The number of carbonyl (C=O) groups excluding carboxylic acids is 2. The minimum Gasteiger partial charge on any atom is -0.465 e. The molecule has 0 saturated carbocycles. The number of esters is 1. The molecule has 0 fully saturated rings. The SMILES string of the molecule is CCn1nc2cccc(Cc3ccc(C(F)(F)F)cc3)c2c1C(=O)NC(C)c1ccc(C(=O)OC)cc1. The third kappa shape index (κ3) is 5.50. The van der Waals surface area contributed by atoms with Crippen LogP contribution in [0.2, 0.25) is 0 Å². The van der Waals surface area contributed by atoms with Gasteiger partial charge in [0.05, 0.1) is 29.8 Å². The van der Waals surface area contributed by atoms with Gasteiger partial charge in [0, 0.05) is 11.9 Å². The van der Waals surface area contributed by atoms with Crippen molar-refractivity contribution in [3.63, 3.8) is 0 Å². The third-order valence-electron chi connectivity index (χ3n) is 6.22. The molecule has 0 bridgehead atoms. The van der Waals surface area contributed by atoms with Gasteiger partial charge in [0.25, 0.3) is 5.91 Å². The van der Waals surface area contributed by atoms with Crippen LogP contribution in [0.15, 0.2) is 66.7 Å². The number of ether oxygens (including phenoxy) is 1. The zero-order chi connectivity index (χ0) is 26.7. The fraction of sp³-hybridized carbons (Fsp3) is 0.250. The summed E-state index contributed by atoms with van der Waals surface area (Å²) in [5, 5.41) is 8.24. The zero-order valence-electron chi connectivity index (χ0n) is 20.6. The summed E-state index contributed by atoms with van der Waals surface area (Å²) in [6, 6.07) is 16.9. The summed E-state index contributed by atoms with van der Waals surface area (Å²) >= 11 is 0. The standard InChI is InChI=1S/C28H26F3N3O3/c1-4-34-25(26(35)32-17(2)19-10-12-20(13-11-19)27(36)37-3)24-21(6-5-7-23(24)33-34)16-18-8-14-22(15-9-18)28(29,30)31/h5-15,17H,4,16H2,1-3H3,(H,32,35). The summed E-state index contributed by atoms with van der Waals surface area (Å²) in [4.78, 5) is 25.2. The molecule has 0 aliphatic heterocycles. The van der Waals surface area contributed by atoms with Crippen LogP contribution in [0.25, 0.3) is 10.9 Å². The summed E-state index contributed by atoms with van der Waals surface area (Å²) in [6.07, 6.45) is -4.06. The molecule has 0 aliphatic rings. The molecule has 0 spiro atoms. The van der Waals surface area contributed by atoms with Crippen LogP contribution in [0.1, 0.15) is 63.0 Å². The molecule has 1 heterocycles. The molecular weight excluding hydrogens is 483 g/mol. The summed E-state index contributed by atoms with van der Waals surface area (Å²) in [5.74, 6) is -0.768. The van der Waals surface area contributed by atoms with Gasteiger partial charge in [0.15, 0.2) is 0 Å². The highest BCUT2D eigenvalue weighted by molar-refractivity contribution is 6.06. The van der Waals surface area contributed by atoms with E-state index in [1.807, 2.05) is 32.0 Å². The molecule has 0 aliphatic carbocycles. The van der Waals surface area contributed by atoms with Gasteiger partial charge >= 0.3 is 12.1 Å². The first-order chi connectivity index (χ1) is 17.6. The maximum absolute atomic E-state index is 13.5. The second kappa shape index (κ2) is 10.5. The first kappa shape index (κ1) is 25.9. The van der Waals surface area contributed by atoms with Crippen molar-refractivity contribution < 1.29 is 27.5 Å². The number of hydrogen-bond acceptors (Lipinski definition) is 4. The number of methoxy groups -OCH3 is 1. The number of nitrogens with zero attached hydrogens (tertiary/aromatic N) is 2. The van der Waals surface area contributed by atoms with Gasteiger partial charge in [-0.3, -0.25) is 9.48 Å². The Morgan fingerprint density at radius 3 is 2.30 bits per heavy atom. The first-order valence-electron chi connectivity index (χ1n) is 11.8. The van der Waals surface area contributed by atoms with Gasteiger partial charge in [-0.15, -0.1) is 0 Å². The molecule has 1 atom stereocenters. The highest BCUT2D eigenvalue weighted by atomic mass is 19.4. The van der Waals surface area contributed by atoms with Gasteiger partial charge in [-0.1, -0.05) is 36.4 Å². The van der Waals surface area contributed by atoms with Crippen molar-refractivity contribution in [3.05, 3.63) is 100 Å². The summed E-state index contributed by atoms with van der Waals surface area (Å²) in [5.41, 5.74) is 3.00. The van der Waals surface area contributed by atoms with E-state index >= 15 is 0 Å². The van der Waals surface area contributed by atoms with E-state index in [0.717, 1.165) is 23.3 Å². The van der Waals surface area contributed by atoms with Crippen LogP contribution in [0.4, 0.5) is 13.2 Å². The molecule has 1 aromatic heterocycles. The molecule has 6 nitrogen and oxygen atoms in total. The predicted octanol–water partition coefficient (Wildman–Crippen LogP) is 5.94. The van der Waals surface area contributed by atoms with E-state index in [2.05, 4.69) is 10.4 Å². The van der Waals surface area contributed by atoms with E-state index in [1.165, 1.54) is 19.2 Å². The van der Waals surface area contributed by atoms with Crippen molar-refractivity contribution in [1.82, 2.24) is 15.1 Å². The zero-order valence-corrected chi connectivity index (χ0v) is 20.6. The lowest BCUT2D eigenvalue weighted by atomic mass is 9.98. The summed E-state index contributed by atoms with van der Waals surface area (Å²) < 4.78 is 45.2. The number of nitrogens with one attached hydrogen (secondary N) is 1. The highest BCUT2D eigenvalue weighted by Gasteiger charge is 2.30. The number of rotatable bonds is 7. The molecular formula is C28H26F3N3O3. The topological polar surface area (TPSA) is 73.2 Å². The summed E-state index contributed by atoms with van der Waals surface area (Å²) in [7, 11) is 1.31. The number of carbonyl (C=O) groups is 2. The van der Waals surface area contributed by atoms with Crippen LogP contribution in [0.3, 0.4) is 0 Å². The molecule has 4 rings (SSSR count). The Morgan fingerprint density at radius 1 is 1.03 bits per heavy atom. The lowest BCUT2D eigenvalue weighted by molar-refractivity contribution is -0.137. The molecule has 37 heavy (non-hydrogen) atoms. The van der Waals surface area contributed by atoms with Crippen LogP contribution in [-0.2, 0) is 23.9 Å². The van der Waals surface area contributed by atoms with Gasteiger partial charge in [-0.25, -0.2) is 4.79 Å². The van der Waals surface area contributed by atoms with Gasteiger partial charge in [-0.2, -0.15) is 18.3 Å². The maximum atomic E-state index is 13.5. The Hall–Kier alpha value is -4.14. The molecule has 9 heteroatoms. The van der Waals surface area contributed by atoms with Crippen LogP contribution < -0.4 is 5.32 Å². The molecule has 1 amide bonds. The Labute approximate surface area is 212 Å². The van der Waals surface area contributed by atoms with Crippen LogP contribution in [-0.4, -0.2) is 28.8 Å². The minimum absolute atomic E-state index is 0.325.